The van der Waals surface area contributed by atoms with Gasteiger partial charge >= 0.3 is 0 Å². The zero-order valence-corrected chi connectivity index (χ0v) is 11.8. The standard InChI is InChI=1S/C13H14BrN3O/c1-9(15-2)18-12-7-16-13(17-8-12)10-3-5-11(14)6-4-10/h3-9,15H,1-2H3. The molecule has 1 unspecified atom stereocenters. The molecule has 1 aromatic carbocycles. The predicted octanol–water partition coefficient (Wildman–Crippen LogP) is 2.85. The molecule has 1 aromatic heterocycles. The summed E-state index contributed by atoms with van der Waals surface area (Å²) in [5.74, 6) is 1.34. The Balaban J connectivity index is 2.14. The lowest BCUT2D eigenvalue weighted by Crippen LogP contribution is -2.27. The number of rotatable bonds is 4. The second kappa shape index (κ2) is 5.93. The van der Waals surface area contributed by atoms with E-state index in [4.69, 9.17) is 4.74 Å². The second-order valence-corrected chi connectivity index (χ2v) is 4.71. The molecule has 2 rings (SSSR count). The lowest BCUT2D eigenvalue weighted by Gasteiger charge is -2.12. The third-order valence-electron chi connectivity index (χ3n) is 2.45. The van der Waals surface area contributed by atoms with Crippen LogP contribution >= 0.6 is 15.9 Å². The van der Waals surface area contributed by atoms with Crippen molar-refractivity contribution in [2.75, 3.05) is 7.05 Å². The number of hydrogen-bond donors (Lipinski definition) is 1. The molecule has 5 heteroatoms. The molecule has 18 heavy (non-hydrogen) atoms. The van der Waals surface area contributed by atoms with Crippen LogP contribution in [0.15, 0.2) is 41.1 Å². The number of ether oxygens (including phenoxy) is 1. The Morgan fingerprint density at radius 2 is 1.78 bits per heavy atom. The van der Waals surface area contributed by atoms with Crippen molar-refractivity contribution in [2.45, 2.75) is 13.2 Å². The summed E-state index contributed by atoms with van der Waals surface area (Å²) >= 11 is 3.40. The molecule has 0 aliphatic heterocycles. The van der Waals surface area contributed by atoms with Gasteiger partial charge in [0.25, 0.3) is 0 Å². The van der Waals surface area contributed by atoms with E-state index >= 15 is 0 Å². The third-order valence-corrected chi connectivity index (χ3v) is 2.98. The van der Waals surface area contributed by atoms with Crippen molar-refractivity contribution in [2.24, 2.45) is 0 Å². The molecule has 0 saturated heterocycles. The van der Waals surface area contributed by atoms with E-state index in [0.29, 0.717) is 11.6 Å². The molecule has 0 bridgehead atoms. The number of benzene rings is 1. The number of nitrogens with zero attached hydrogens (tertiary/aromatic N) is 2. The molecule has 0 saturated carbocycles. The Morgan fingerprint density at radius 3 is 2.33 bits per heavy atom. The number of hydrogen-bond acceptors (Lipinski definition) is 4. The van der Waals surface area contributed by atoms with Gasteiger partial charge in [-0.25, -0.2) is 9.97 Å². The fourth-order valence-electron chi connectivity index (χ4n) is 1.39. The van der Waals surface area contributed by atoms with Crippen molar-refractivity contribution in [1.82, 2.24) is 15.3 Å². The van der Waals surface area contributed by atoms with Crippen LogP contribution in [-0.2, 0) is 0 Å². The van der Waals surface area contributed by atoms with Crippen LogP contribution in [0, 0.1) is 0 Å². The van der Waals surface area contributed by atoms with Crippen LogP contribution in [-0.4, -0.2) is 23.2 Å². The molecule has 0 aliphatic rings. The normalized spacial score (nSPS) is 12.2. The van der Waals surface area contributed by atoms with Crippen molar-refractivity contribution in [1.29, 1.82) is 0 Å². The first-order valence-electron chi connectivity index (χ1n) is 5.61. The fraction of sp³-hybridized carbons (Fsp3) is 0.231. The Hall–Kier alpha value is -1.46. The minimum atomic E-state index is -0.0628. The quantitative estimate of drug-likeness (QED) is 0.882. The van der Waals surface area contributed by atoms with E-state index in [1.165, 1.54) is 0 Å². The van der Waals surface area contributed by atoms with E-state index in [-0.39, 0.29) is 6.23 Å². The van der Waals surface area contributed by atoms with E-state index in [9.17, 15) is 0 Å². The van der Waals surface area contributed by atoms with Crippen molar-refractivity contribution in [3.63, 3.8) is 0 Å². The molecule has 1 heterocycles. The molecule has 2 aromatic rings. The zero-order chi connectivity index (χ0) is 13.0. The van der Waals surface area contributed by atoms with Crippen LogP contribution in [0.2, 0.25) is 0 Å². The van der Waals surface area contributed by atoms with Gasteiger partial charge in [0, 0.05) is 10.0 Å². The Bertz CT molecular complexity index is 499. The summed E-state index contributed by atoms with van der Waals surface area (Å²) in [5.41, 5.74) is 0.978. The van der Waals surface area contributed by atoms with E-state index in [1.807, 2.05) is 38.2 Å². The van der Waals surface area contributed by atoms with Gasteiger partial charge in [-0.05, 0) is 26.1 Å². The minimum absolute atomic E-state index is 0.0628. The second-order valence-electron chi connectivity index (χ2n) is 3.80. The predicted molar refractivity (Wildman–Crippen MR) is 74.3 cm³/mol. The summed E-state index contributed by atoms with van der Waals surface area (Å²) in [6, 6.07) is 7.87. The molecule has 4 nitrogen and oxygen atoms in total. The van der Waals surface area contributed by atoms with Gasteiger partial charge in [0.2, 0.25) is 0 Å². The van der Waals surface area contributed by atoms with Crippen molar-refractivity contribution in [3.05, 3.63) is 41.1 Å². The van der Waals surface area contributed by atoms with Gasteiger partial charge in [-0.3, -0.25) is 5.32 Å². The summed E-state index contributed by atoms with van der Waals surface area (Å²) < 4.78 is 6.57. The first-order chi connectivity index (χ1) is 8.69. The van der Waals surface area contributed by atoms with Crippen molar-refractivity contribution >= 4 is 15.9 Å². The largest absolute Gasteiger partial charge is 0.472 e. The zero-order valence-electron chi connectivity index (χ0n) is 10.2. The Kier molecular flexibility index (Phi) is 4.28. The fourth-order valence-corrected chi connectivity index (χ4v) is 1.65. The molecular weight excluding hydrogens is 294 g/mol. The van der Waals surface area contributed by atoms with Crippen LogP contribution < -0.4 is 10.1 Å². The molecule has 0 fully saturated rings. The van der Waals surface area contributed by atoms with E-state index < -0.39 is 0 Å². The maximum Gasteiger partial charge on any atom is 0.159 e. The van der Waals surface area contributed by atoms with Gasteiger partial charge in [0.15, 0.2) is 11.6 Å². The third kappa shape index (κ3) is 3.27. The maximum atomic E-state index is 5.53. The highest BCUT2D eigenvalue weighted by molar-refractivity contribution is 9.10. The van der Waals surface area contributed by atoms with Crippen LogP contribution in [0.5, 0.6) is 5.75 Å². The molecule has 1 N–H and O–H groups in total. The van der Waals surface area contributed by atoms with Gasteiger partial charge < -0.3 is 4.74 Å². The summed E-state index contributed by atoms with van der Waals surface area (Å²) in [7, 11) is 1.84. The average molecular weight is 308 g/mol. The van der Waals surface area contributed by atoms with Gasteiger partial charge in [-0.2, -0.15) is 0 Å². The molecule has 1 atom stereocenters. The summed E-state index contributed by atoms with van der Waals surface area (Å²) in [5, 5.41) is 2.98. The van der Waals surface area contributed by atoms with E-state index in [0.717, 1.165) is 10.0 Å². The van der Waals surface area contributed by atoms with Gasteiger partial charge in [-0.15, -0.1) is 0 Å². The maximum absolute atomic E-state index is 5.53. The number of halogens is 1. The van der Waals surface area contributed by atoms with Crippen molar-refractivity contribution < 1.29 is 4.74 Å². The summed E-state index contributed by atoms with van der Waals surface area (Å²) in [6.45, 7) is 1.92. The Morgan fingerprint density at radius 1 is 1.17 bits per heavy atom. The topological polar surface area (TPSA) is 47.0 Å². The molecule has 0 radical (unpaired) electrons. The minimum Gasteiger partial charge on any atom is -0.472 e. The molecule has 0 aliphatic carbocycles. The summed E-state index contributed by atoms with van der Waals surface area (Å²) in [6.07, 6.45) is 3.29. The smallest absolute Gasteiger partial charge is 0.159 e. The van der Waals surface area contributed by atoms with E-state index in [1.54, 1.807) is 12.4 Å². The van der Waals surface area contributed by atoms with E-state index in [2.05, 4.69) is 31.2 Å². The van der Waals surface area contributed by atoms with Crippen molar-refractivity contribution in [3.8, 4) is 17.1 Å². The molecule has 94 valence electrons. The Labute approximate surface area is 115 Å². The molecule has 0 amide bonds. The highest BCUT2D eigenvalue weighted by Crippen LogP contribution is 2.19. The summed E-state index contributed by atoms with van der Waals surface area (Å²) in [4.78, 5) is 8.57. The van der Waals surface area contributed by atoms with Gasteiger partial charge in [0.05, 0.1) is 12.4 Å². The SMILES string of the molecule is CNC(C)Oc1cnc(-c2ccc(Br)cc2)nc1. The average Bonchev–Trinajstić information content (AvgIpc) is 2.40. The monoisotopic (exact) mass is 307 g/mol. The van der Waals surface area contributed by atoms with Crippen LogP contribution in [0.1, 0.15) is 6.92 Å². The molecule has 0 spiro atoms. The molecular formula is C13H14BrN3O. The van der Waals surface area contributed by atoms with Crippen LogP contribution in [0.3, 0.4) is 0 Å². The van der Waals surface area contributed by atoms with Gasteiger partial charge in [0.1, 0.15) is 6.23 Å². The van der Waals surface area contributed by atoms with Gasteiger partial charge in [-0.1, -0.05) is 28.1 Å². The van der Waals surface area contributed by atoms with Crippen LogP contribution in [0.25, 0.3) is 11.4 Å². The number of aromatic nitrogens is 2. The first kappa shape index (κ1) is 13.0. The lowest BCUT2D eigenvalue weighted by atomic mass is 10.2. The number of nitrogens with one attached hydrogen (secondary N) is 1. The lowest BCUT2D eigenvalue weighted by molar-refractivity contribution is 0.192. The van der Waals surface area contributed by atoms with Crippen LogP contribution in [0.4, 0.5) is 0 Å². The first-order valence-corrected chi connectivity index (χ1v) is 6.40. The highest BCUT2D eigenvalue weighted by Gasteiger charge is 2.04. The highest BCUT2D eigenvalue weighted by atomic mass is 79.9.